The van der Waals surface area contributed by atoms with Crippen molar-refractivity contribution in [1.29, 1.82) is 0 Å². The van der Waals surface area contributed by atoms with Gasteiger partial charge in [-0.05, 0) is 39.2 Å². The number of hydrogen-bond donors (Lipinski definition) is 2. The highest BCUT2D eigenvalue weighted by Gasteiger charge is 2.40. The number of hydrogen-bond acceptors (Lipinski definition) is 6. The highest BCUT2D eigenvalue weighted by atomic mass is 32.1. The Hall–Kier alpha value is -1.34. The SMILES string of the molecule is CNC(=O)c1c(N)nsc1N1CC(C)(C)OC(C)(C)C1. The zero-order valence-corrected chi connectivity index (χ0v) is 13.4. The topological polar surface area (TPSA) is 80.5 Å². The zero-order valence-electron chi connectivity index (χ0n) is 12.6. The maximum atomic E-state index is 12.0. The van der Waals surface area contributed by atoms with Crippen molar-refractivity contribution in [3.63, 3.8) is 0 Å². The minimum Gasteiger partial charge on any atom is -0.382 e. The van der Waals surface area contributed by atoms with Crippen LogP contribution in [0.5, 0.6) is 0 Å². The highest BCUT2D eigenvalue weighted by molar-refractivity contribution is 7.11. The van der Waals surface area contributed by atoms with Crippen molar-refractivity contribution < 1.29 is 9.53 Å². The lowest BCUT2D eigenvalue weighted by molar-refractivity contribution is -0.132. The van der Waals surface area contributed by atoms with E-state index in [4.69, 9.17) is 10.5 Å². The molecule has 0 aliphatic carbocycles. The Kier molecular flexibility index (Phi) is 3.68. The van der Waals surface area contributed by atoms with Gasteiger partial charge in [0.05, 0.1) is 11.2 Å². The van der Waals surface area contributed by atoms with Gasteiger partial charge in [0.25, 0.3) is 5.91 Å². The fourth-order valence-corrected chi connectivity index (χ4v) is 3.59. The normalized spacial score (nSPS) is 20.8. The van der Waals surface area contributed by atoms with Crippen LogP contribution >= 0.6 is 11.5 Å². The maximum absolute atomic E-state index is 12.0. The van der Waals surface area contributed by atoms with Crippen molar-refractivity contribution in [2.24, 2.45) is 0 Å². The first-order valence-corrected chi connectivity index (χ1v) is 7.35. The third-order valence-electron chi connectivity index (χ3n) is 3.14. The minimum atomic E-state index is -0.291. The third kappa shape index (κ3) is 2.88. The number of carbonyl (C=O) groups excluding carboxylic acids is 1. The molecule has 0 unspecified atom stereocenters. The lowest BCUT2D eigenvalue weighted by atomic mass is 9.99. The predicted octanol–water partition coefficient (Wildman–Crippen LogP) is 1.48. The van der Waals surface area contributed by atoms with E-state index in [0.717, 1.165) is 5.00 Å². The molecule has 6 nitrogen and oxygen atoms in total. The molecule has 1 fully saturated rings. The van der Waals surface area contributed by atoms with E-state index < -0.39 is 0 Å². The van der Waals surface area contributed by atoms with E-state index in [-0.39, 0.29) is 22.9 Å². The van der Waals surface area contributed by atoms with E-state index in [1.54, 1.807) is 7.05 Å². The molecule has 0 aromatic carbocycles. The van der Waals surface area contributed by atoms with Gasteiger partial charge in [-0.15, -0.1) is 0 Å². The Morgan fingerprint density at radius 1 is 1.35 bits per heavy atom. The minimum absolute atomic E-state index is 0.201. The summed E-state index contributed by atoms with van der Waals surface area (Å²) in [7, 11) is 1.59. The van der Waals surface area contributed by atoms with Crippen LogP contribution in [0.4, 0.5) is 10.8 Å². The molecule has 0 saturated carbocycles. The van der Waals surface area contributed by atoms with Gasteiger partial charge >= 0.3 is 0 Å². The van der Waals surface area contributed by atoms with E-state index in [0.29, 0.717) is 18.7 Å². The first kappa shape index (κ1) is 15.1. The molecule has 1 aliphatic heterocycles. The molecule has 1 saturated heterocycles. The number of amides is 1. The molecular weight excluding hydrogens is 276 g/mol. The molecule has 7 heteroatoms. The fraction of sp³-hybridized carbons (Fsp3) is 0.692. The molecule has 112 valence electrons. The summed E-state index contributed by atoms with van der Waals surface area (Å²) < 4.78 is 10.2. The number of carbonyl (C=O) groups is 1. The van der Waals surface area contributed by atoms with Crippen LogP contribution in [-0.4, -0.2) is 41.6 Å². The molecule has 1 aromatic rings. The van der Waals surface area contributed by atoms with Crippen molar-refractivity contribution in [1.82, 2.24) is 9.69 Å². The Labute approximate surface area is 123 Å². The first-order valence-electron chi connectivity index (χ1n) is 6.57. The molecule has 2 heterocycles. The third-order valence-corrected chi connectivity index (χ3v) is 4.06. The summed E-state index contributed by atoms with van der Waals surface area (Å²) in [5.74, 6) is 0.0832. The summed E-state index contributed by atoms with van der Waals surface area (Å²) in [6.45, 7) is 9.58. The number of nitrogens with two attached hydrogens (primary N) is 1. The number of nitrogen functional groups attached to an aromatic ring is 1. The monoisotopic (exact) mass is 298 g/mol. The Balaban J connectivity index is 2.39. The van der Waals surface area contributed by atoms with E-state index >= 15 is 0 Å². The van der Waals surface area contributed by atoms with E-state index in [9.17, 15) is 4.79 Å². The van der Waals surface area contributed by atoms with Gasteiger partial charge in [0, 0.05) is 20.1 Å². The molecule has 2 rings (SSSR count). The fourth-order valence-electron chi connectivity index (χ4n) is 2.78. The quantitative estimate of drug-likeness (QED) is 0.864. The molecule has 0 spiro atoms. The second kappa shape index (κ2) is 4.89. The summed E-state index contributed by atoms with van der Waals surface area (Å²) in [5, 5.41) is 3.43. The maximum Gasteiger partial charge on any atom is 0.257 e. The molecule has 0 radical (unpaired) electrons. The lowest BCUT2D eigenvalue weighted by Crippen LogP contribution is -2.57. The van der Waals surface area contributed by atoms with Crippen LogP contribution in [0.1, 0.15) is 38.1 Å². The highest BCUT2D eigenvalue weighted by Crippen LogP contribution is 2.37. The lowest BCUT2D eigenvalue weighted by Gasteiger charge is -2.47. The summed E-state index contributed by atoms with van der Waals surface area (Å²) in [4.78, 5) is 14.1. The van der Waals surface area contributed by atoms with Gasteiger partial charge < -0.3 is 20.7 Å². The van der Waals surface area contributed by atoms with E-state index in [2.05, 4.69) is 14.6 Å². The molecule has 1 aliphatic rings. The Morgan fingerprint density at radius 3 is 2.40 bits per heavy atom. The van der Waals surface area contributed by atoms with Gasteiger partial charge in [0.1, 0.15) is 10.6 Å². The summed E-state index contributed by atoms with van der Waals surface area (Å²) in [6.07, 6.45) is 0. The molecule has 1 aromatic heterocycles. The molecule has 1 amide bonds. The van der Waals surface area contributed by atoms with Crippen molar-refractivity contribution in [3.05, 3.63) is 5.56 Å². The standard InChI is InChI=1S/C13H22N4O2S/c1-12(2)6-17(7-13(3,4)19-12)11-8(10(18)15-5)9(14)16-20-11/h6-7H2,1-5H3,(H2,14,16)(H,15,18). The second-order valence-corrected chi connectivity index (χ2v) is 7.06. The number of nitrogens with one attached hydrogen (secondary N) is 1. The molecule has 3 N–H and O–H groups in total. The van der Waals surface area contributed by atoms with Crippen LogP contribution in [0.3, 0.4) is 0 Å². The van der Waals surface area contributed by atoms with Crippen LogP contribution in [0.15, 0.2) is 0 Å². The van der Waals surface area contributed by atoms with Gasteiger partial charge in [-0.3, -0.25) is 4.79 Å². The van der Waals surface area contributed by atoms with Crippen LogP contribution in [0.25, 0.3) is 0 Å². The number of ether oxygens (including phenoxy) is 1. The van der Waals surface area contributed by atoms with Crippen molar-refractivity contribution in [2.75, 3.05) is 30.8 Å². The number of aromatic nitrogens is 1. The molecule has 0 bridgehead atoms. The van der Waals surface area contributed by atoms with Gasteiger partial charge in [0.2, 0.25) is 0 Å². The van der Waals surface area contributed by atoms with E-state index in [1.165, 1.54) is 11.5 Å². The second-order valence-electron chi connectivity index (χ2n) is 6.30. The van der Waals surface area contributed by atoms with Crippen LogP contribution in [0.2, 0.25) is 0 Å². The summed E-state index contributed by atoms with van der Waals surface area (Å²) in [6, 6.07) is 0. The largest absolute Gasteiger partial charge is 0.382 e. The van der Waals surface area contributed by atoms with Crippen LogP contribution in [0, 0.1) is 0 Å². The van der Waals surface area contributed by atoms with Gasteiger partial charge in [-0.25, -0.2) is 0 Å². The molecular formula is C13H22N4O2S. The van der Waals surface area contributed by atoms with Gasteiger partial charge in [-0.2, -0.15) is 4.37 Å². The van der Waals surface area contributed by atoms with Crippen molar-refractivity contribution >= 4 is 28.3 Å². The smallest absolute Gasteiger partial charge is 0.257 e. The molecule has 20 heavy (non-hydrogen) atoms. The number of rotatable bonds is 2. The van der Waals surface area contributed by atoms with Gasteiger partial charge in [-0.1, -0.05) is 0 Å². The number of anilines is 2. The van der Waals surface area contributed by atoms with Crippen molar-refractivity contribution in [2.45, 2.75) is 38.9 Å². The first-order chi connectivity index (χ1) is 9.15. The Morgan fingerprint density at radius 2 is 1.90 bits per heavy atom. The average molecular weight is 298 g/mol. The summed E-state index contributed by atoms with van der Waals surface area (Å²) >= 11 is 1.26. The summed E-state index contributed by atoms with van der Waals surface area (Å²) in [5.41, 5.74) is 5.72. The van der Waals surface area contributed by atoms with E-state index in [1.807, 2.05) is 27.7 Å². The van der Waals surface area contributed by atoms with Crippen LogP contribution in [-0.2, 0) is 4.74 Å². The Bertz CT molecular complexity index is 508. The predicted molar refractivity (Wildman–Crippen MR) is 81.4 cm³/mol. The number of morpholine rings is 1. The molecule has 0 atom stereocenters. The zero-order chi connectivity index (χ0) is 15.1. The van der Waals surface area contributed by atoms with Crippen LogP contribution < -0.4 is 16.0 Å². The average Bonchev–Trinajstić information content (AvgIpc) is 2.66. The van der Waals surface area contributed by atoms with Gasteiger partial charge in [0.15, 0.2) is 5.82 Å². The number of nitrogens with zero attached hydrogens (tertiary/aromatic N) is 2. The van der Waals surface area contributed by atoms with Crippen molar-refractivity contribution in [3.8, 4) is 0 Å².